The average molecular weight is 303 g/mol. The number of urea groups is 1. The minimum Gasteiger partial charge on any atom is -0.497 e. The van der Waals surface area contributed by atoms with E-state index < -0.39 is 0 Å². The molecule has 6 heteroatoms. The Morgan fingerprint density at radius 1 is 1.36 bits per heavy atom. The van der Waals surface area contributed by atoms with Gasteiger partial charge in [0, 0.05) is 13.1 Å². The standard InChI is InChI=1S/C16H21N3O3/c1-22-13-6-4-12(5-7-13)15(11-2-3-11)18-16(21)19-9-8-17-14(20)10-19/h4-7,11,15H,2-3,8-10H2,1H3,(H,17,20)(H,18,21). The molecule has 1 aliphatic heterocycles. The zero-order valence-corrected chi connectivity index (χ0v) is 12.7. The smallest absolute Gasteiger partial charge is 0.318 e. The lowest BCUT2D eigenvalue weighted by Crippen LogP contribution is -2.53. The van der Waals surface area contributed by atoms with Crippen molar-refractivity contribution in [3.8, 4) is 5.75 Å². The van der Waals surface area contributed by atoms with E-state index >= 15 is 0 Å². The first-order chi connectivity index (χ1) is 10.7. The van der Waals surface area contributed by atoms with Gasteiger partial charge >= 0.3 is 6.03 Å². The monoisotopic (exact) mass is 303 g/mol. The number of benzene rings is 1. The summed E-state index contributed by atoms with van der Waals surface area (Å²) in [4.78, 5) is 25.4. The highest BCUT2D eigenvalue weighted by Crippen LogP contribution is 2.41. The Morgan fingerprint density at radius 3 is 2.68 bits per heavy atom. The van der Waals surface area contributed by atoms with Crippen LogP contribution >= 0.6 is 0 Å². The number of nitrogens with zero attached hydrogens (tertiary/aromatic N) is 1. The van der Waals surface area contributed by atoms with Gasteiger partial charge < -0.3 is 20.3 Å². The SMILES string of the molecule is COc1ccc(C(NC(=O)N2CCNC(=O)C2)C2CC2)cc1. The third-order valence-electron chi connectivity index (χ3n) is 4.17. The van der Waals surface area contributed by atoms with Gasteiger partial charge in [-0.3, -0.25) is 4.79 Å². The Hall–Kier alpha value is -2.24. The number of hydrogen-bond donors (Lipinski definition) is 2. The molecule has 1 aliphatic carbocycles. The van der Waals surface area contributed by atoms with Crippen molar-refractivity contribution in [3.05, 3.63) is 29.8 Å². The summed E-state index contributed by atoms with van der Waals surface area (Å²) in [5.41, 5.74) is 1.08. The van der Waals surface area contributed by atoms with Crippen LogP contribution in [0.5, 0.6) is 5.75 Å². The van der Waals surface area contributed by atoms with Crippen molar-refractivity contribution in [3.63, 3.8) is 0 Å². The van der Waals surface area contributed by atoms with Gasteiger partial charge in [-0.15, -0.1) is 0 Å². The van der Waals surface area contributed by atoms with E-state index in [-0.39, 0.29) is 24.5 Å². The zero-order chi connectivity index (χ0) is 15.5. The third kappa shape index (κ3) is 3.32. The topological polar surface area (TPSA) is 70.7 Å². The first-order valence-electron chi connectivity index (χ1n) is 7.63. The van der Waals surface area contributed by atoms with E-state index in [0.29, 0.717) is 19.0 Å². The Balaban J connectivity index is 1.68. The van der Waals surface area contributed by atoms with Crippen LogP contribution in [0.2, 0.25) is 0 Å². The molecular weight excluding hydrogens is 282 g/mol. The Kier molecular flexibility index (Phi) is 4.18. The van der Waals surface area contributed by atoms with E-state index in [1.807, 2.05) is 24.3 Å². The highest BCUT2D eigenvalue weighted by Gasteiger charge is 2.34. The second-order valence-corrected chi connectivity index (χ2v) is 5.81. The van der Waals surface area contributed by atoms with E-state index in [4.69, 9.17) is 4.74 Å². The Labute approximate surface area is 129 Å². The van der Waals surface area contributed by atoms with Crippen LogP contribution in [0, 0.1) is 5.92 Å². The summed E-state index contributed by atoms with van der Waals surface area (Å²) in [6.07, 6.45) is 2.24. The van der Waals surface area contributed by atoms with Crippen molar-refractivity contribution < 1.29 is 14.3 Å². The molecule has 1 aromatic carbocycles. The molecule has 0 radical (unpaired) electrons. The van der Waals surface area contributed by atoms with Crippen LogP contribution in [0.25, 0.3) is 0 Å². The van der Waals surface area contributed by atoms with Crippen LogP contribution < -0.4 is 15.4 Å². The molecule has 0 spiro atoms. The van der Waals surface area contributed by atoms with Crippen molar-refractivity contribution >= 4 is 11.9 Å². The highest BCUT2D eigenvalue weighted by molar-refractivity contribution is 5.85. The van der Waals surface area contributed by atoms with Gasteiger partial charge in [0.2, 0.25) is 5.91 Å². The zero-order valence-electron chi connectivity index (χ0n) is 12.7. The first kappa shape index (κ1) is 14.7. The molecule has 118 valence electrons. The maximum atomic E-state index is 12.4. The summed E-state index contributed by atoms with van der Waals surface area (Å²) in [5, 5.41) is 5.81. The average Bonchev–Trinajstić information content (AvgIpc) is 3.37. The van der Waals surface area contributed by atoms with Crippen molar-refractivity contribution in [1.82, 2.24) is 15.5 Å². The molecule has 1 aromatic rings. The molecule has 2 fully saturated rings. The highest BCUT2D eigenvalue weighted by atomic mass is 16.5. The second-order valence-electron chi connectivity index (χ2n) is 5.81. The lowest BCUT2D eigenvalue weighted by molar-refractivity contribution is -0.123. The van der Waals surface area contributed by atoms with Crippen LogP contribution in [-0.2, 0) is 4.79 Å². The van der Waals surface area contributed by atoms with Gasteiger partial charge in [-0.1, -0.05) is 12.1 Å². The van der Waals surface area contributed by atoms with Gasteiger partial charge in [0.15, 0.2) is 0 Å². The minimum absolute atomic E-state index is 0.00314. The van der Waals surface area contributed by atoms with Gasteiger partial charge in [-0.2, -0.15) is 0 Å². The predicted molar refractivity (Wildman–Crippen MR) is 81.6 cm³/mol. The van der Waals surface area contributed by atoms with Gasteiger partial charge in [0.25, 0.3) is 0 Å². The molecule has 0 aromatic heterocycles. The maximum Gasteiger partial charge on any atom is 0.318 e. The lowest BCUT2D eigenvalue weighted by atomic mass is 10.0. The number of nitrogens with one attached hydrogen (secondary N) is 2. The number of ether oxygens (including phenoxy) is 1. The number of carbonyl (C=O) groups is 2. The van der Waals surface area contributed by atoms with E-state index in [1.165, 1.54) is 0 Å². The third-order valence-corrected chi connectivity index (χ3v) is 4.17. The summed E-state index contributed by atoms with van der Waals surface area (Å²) in [6.45, 7) is 1.20. The number of rotatable bonds is 4. The normalized spacial score (nSPS) is 19.3. The van der Waals surface area contributed by atoms with E-state index in [2.05, 4.69) is 10.6 Å². The molecule has 3 rings (SSSR count). The summed E-state index contributed by atoms with van der Waals surface area (Å²) in [5.74, 6) is 1.18. The van der Waals surface area contributed by atoms with E-state index in [0.717, 1.165) is 24.2 Å². The lowest BCUT2D eigenvalue weighted by Gasteiger charge is -2.29. The molecule has 1 unspecified atom stereocenters. The van der Waals surface area contributed by atoms with Crippen LogP contribution in [0.15, 0.2) is 24.3 Å². The fraction of sp³-hybridized carbons (Fsp3) is 0.500. The predicted octanol–water partition coefficient (Wildman–Crippen LogP) is 1.29. The maximum absolute atomic E-state index is 12.4. The van der Waals surface area contributed by atoms with Gasteiger partial charge in [-0.05, 0) is 36.5 Å². The number of methoxy groups -OCH3 is 1. The molecule has 1 heterocycles. The van der Waals surface area contributed by atoms with Crippen LogP contribution in [0.1, 0.15) is 24.4 Å². The molecule has 2 aliphatic rings. The van der Waals surface area contributed by atoms with E-state index in [9.17, 15) is 9.59 Å². The van der Waals surface area contributed by atoms with Gasteiger partial charge in [0.1, 0.15) is 12.3 Å². The van der Waals surface area contributed by atoms with Crippen LogP contribution in [0.3, 0.4) is 0 Å². The van der Waals surface area contributed by atoms with E-state index in [1.54, 1.807) is 12.0 Å². The number of amides is 3. The molecule has 22 heavy (non-hydrogen) atoms. The number of piperazine rings is 1. The molecule has 6 nitrogen and oxygen atoms in total. The van der Waals surface area contributed by atoms with Crippen molar-refractivity contribution in [1.29, 1.82) is 0 Å². The second kappa shape index (κ2) is 6.25. The Morgan fingerprint density at radius 2 is 2.09 bits per heavy atom. The fourth-order valence-electron chi connectivity index (χ4n) is 2.75. The quantitative estimate of drug-likeness (QED) is 0.880. The van der Waals surface area contributed by atoms with Gasteiger partial charge in [-0.25, -0.2) is 4.79 Å². The summed E-state index contributed by atoms with van der Waals surface area (Å²) >= 11 is 0. The number of hydrogen-bond acceptors (Lipinski definition) is 3. The molecular formula is C16H21N3O3. The summed E-state index contributed by atoms with van der Waals surface area (Å²) in [6, 6.07) is 7.64. The fourth-order valence-corrected chi connectivity index (χ4v) is 2.75. The van der Waals surface area contributed by atoms with Crippen molar-refractivity contribution in [2.45, 2.75) is 18.9 Å². The largest absolute Gasteiger partial charge is 0.497 e. The summed E-state index contributed by atoms with van der Waals surface area (Å²) in [7, 11) is 1.64. The van der Waals surface area contributed by atoms with Crippen molar-refractivity contribution in [2.75, 3.05) is 26.7 Å². The molecule has 0 bridgehead atoms. The first-order valence-corrected chi connectivity index (χ1v) is 7.63. The number of carbonyl (C=O) groups excluding carboxylic acids is 2. The van der Waals surface area contributed by atoms with Crippen LogP contribution in [0.4, 0.5) is 4.79 Å². The van der Waals surface area contributed by atoms with Crippen LogP contribution in [-0.4, -0.2) is 43.6 Å². The molecule has 1 saturated carbocycles. The molecule has 1 atom stereocenters. The van der Waals surface area contributed by atoms with Crippen molar-refractivity contribution in [2.24, 2.45) is 5.92 Å². The minimum atomic E-state index is -0.164. The summed E-state index contributed by atoms with van der Waals surface area (Å²) < 4.78 is 5.17. The molecule has 3 amide bonds. The molecule has 1 saturated heterocycles. The Bertz CT molecular complexity index is 554. The van der Waals surface area contributed by atoms with Gasteiger partial charge in [0.05, 0.1) is 13.2 Å². The molecule has 2 N–H and O–H groups in total.